The van der Waals surface area contributed by atoms with Gasteiger partial charge in [0.25, 0.3) is 0 Å². The average Bonchev–Trinajstić information content (AvgIpc) is 2.98. The molecular formula is C37H66N2O6. The first-order chi connectivity index (χ1) is 21.3. The maximum Gasteiger partial charge on any atom is 0.310 e. The van der Waals surface area contributed by atoms with Crippen molar-refractivity contribution in [3.8, 4) is 0 Å². The smallest absolute Gasteiger partial charge is 0.310 e. The molecule has 8 heteroatoms. The van der Waals surface area contributed by atoms with E-state index >= 15 is 0 Å². The maximum atomic E-state index is 13.4. The van der Waals surface area contributed by atoms with Crippen LogP contribution in [-0.2, 0) is 23.9 Å². The predicted molar refractivity (Wildman–Crippen MR) is 181 cm³/mol. The largest absolute Gasteiger partial charge is 0.481 e. The Hall–Kier alpha value is -1.93. The van der Waals surface area contributed by atoms with E-state index in [1.165, 1.54) is 51.4 Å². The van der Waals surface area contributed by atoms with Gasteiger partial charge in [-0.05, 0) is 58.8 Å². The minimum atomic E-state index is -1.00. The van der Waals surface area contributed by atoms with Crippen LogP contribution in [0.1, 0.15) is 157 Å². The zero-order valence-electron chi connectivity index (χ0n) is 29.5. The van der Waals surface area contributed by atoms with Crippen LogP contribution in [0.15, 0.2) is 12.2 Å². The molecule has 0 aromatic heterocycles. The molecule has 2 fully saturated rings. The number of ether oxygens (including phenoxy) is 2. The molecule has 0 bridgehead atoms. The first kappa shape index (κ1) is 39.2. The summed E-state index contributed by atoms with van der Waals surface area (Å²) in [6.45, 7) is 11.8. The van der Waals surface area contributed by atoms with Gasteiger partial charge in [0.2, 0.25) is 11.8 Å². The number of hydrogen-bond donors (Lipinski definition) is 3. The van der Waals surface area contributed by atoms with Crippen molar-refractivity contribution in [2.24, 2.45) is 17.3 Å². The molecule has 1 saturated carbocycles. The number of rotatable bonds is 21. The fourth-order valence-corrected chi connectivity index (χ4v) is 6.72. The molecule has 3 unspecified atom stereocenters. The molecule has 2 amide bonds. The van der Waals surface area contributed by atoms with Gasteiger partial charge in [0, 0.05) is 17.9 Å². The van der Waals surface area contributed by atoms with Gasteiger partial charge in [-0.15, -0.1) is 0 Å². The molecule has 3 N–H and O–H groups in total. The lowest BCUT2D eigenvalue weighted by atomic mass is 9.72. The Morgan fingerprint density at radius 2 is 1.44 bits per heavy atom. The van der Waals surface area contributed by atoms with Crippen LogP contribution in [0.3, 0.4) is 0 Å². The number of nitrogens with one attached hydrogen (secondary N) is 2. The molecule has 0 aromatic carbocycles. The Balaban J connectivity index is 1.81. The van der Waals surface area contributed by atoms with Crippen molar-refractivity contribution >= 4 is 17.8 Å². The number of amides is 2. The highest BCUT2D eigenvalue weighted by Gasteiger charge is 2.48. The van der Waals surface area contributed by atoms with Crippen LogP contribution in [-0.4, -0.2) is 53.5 Å². The monoisotopic (exact) mass is 634 g/mol. The van der Waals surface area contributed by atoms with Gasteiger partial charge in [-0.1, -0.05) is 110 Å². The van der Waals surface area contributed by atoms with Crippen LogP contribution in [0, 0.1) is 17.3 Å². The van der Waals surface area contributed by atoms with Crippen molar-refractivity contribution in [2.45, 2.75) is 175 Å². The van der Waals surface area contributed by atoms with Gasteiger partial charge in [-0.25, -0.2) is 0 Å². The van der Waals surface area contributed by atoms with Crippen molar-refractivity contribution in [3.63, 3.8) is 0 Å². The third-order valence-electron chi connectivity index (χ3n) is 9.80. The number of carboxylic acids is 1. The fraction of sp³-hybridized carbons (Fsp3) is 0.865. The van der Waals surface area contributed by atoms with Crippen molar-refractivity contribution in [1.29, 1.82) is 0 Å². The molecule has 1 aliphatic carbocycles. The van der Waals surface area contributed by atoms with E-state index in [9.17, 15) is 19.5 Å². The minimum Gasteiger partial charge on any atom is -0.481 e. The maximum absolute atomic E-state index is 13.4. The first-order valence-corrected chi connectivity index (χ1v) is 18.1. The van der Waals surface area contributed by atoms with E-state index in [1.807, 2.05) is 20.8 Å². The van der Waals surface area contributed by atoms with Gasteiger partial charge in [-0.3, -0.25) is 14.4 Å². The highest BCUT2D eigenvalue weighted by Crippen LogP contribution is 2.37. The highest BCUT2D eigenvalue weighted by molar-refractivity contribution is 5.83. The third-order valence-corrected chi connectivity index (χ3v) is 9.80. The van der Waals surface area contributed by atoms with Gasteiger partial charge in [0.05, 0.1) is 18.1 Å². The number of unbranched alkanes of at least 4 members (excludes halogenated alkanes) is 10. The minimum absolute atomic E-state index is 0.0620. The second-order valence-corrected chi connectivity index (χ2v) is 14.9. The van der Waals surface area contributed by atoms with E-state index in [0.29, 0.717) is 19.4 Å². The van der Waals surface area contributed by atoms with E-state index in [4.69, 9.17) is 9.47 Å². The highest BCUT2D eigenvalue weighted by atomic mass is 16.7. The molecule has 1 aliphatic heterocycles. The molecule has 45 heavy (non-hydrogen) atoms. The molecule has 1 heterocycles. The van der Waals surface area contributed by atoms with E-state index < -0.39 is 34.7 Å². The zero-order chi connectivity index (χ0) is 33.3. The van der Waals surface area contributed by atoms with Crippen molar-refractivity contribution in [3.05, 3.63) is 12.2 Å². The molecule has 0 radical (unpaired) electrons. The second-order valence-electron chi connectivity index (χ2n) is 14.9. The lowest BCUT2D eigenvalue weighted by molar-refractivity contribution is -0.304. The Bertz CT molecular complexity index is 924. The van der Waals surface area contributed by atoms with Crippen LogP contribution in [0.25, 0.3) is 0 Å². The van der Waals surface area contributed by atoms with Gasteiger partial charge in [-0.2, -0.15) is 0 Å². The van der Waals surface area contributed by atoms with Crippen molar-refractivity contribution in [2.75, 3.05) is 13.2 Å². The Morgan fingerprint density at radius 3 is 2.04 bits per heavy atom. The number of carbonyl (C=O) groups is 3. The topological polar surface area (TPSA) is 114 Å². The molecule has 2 aliphatic rings. The summed E-state index contributed by atoms with van der Waals surface area (Å²) in [5, 5.41) is 16.4. The van der Waals surface area contributed by atoms with E-state index in [-0.39, 0.29) is 24.3 Å². The summed E-state index contributed by atoms with van der Waals surface area (Å²) in [5.41, 5.74) is -1.44. The fourth-order valence-electron chi connectivity index (χ4n) is 6.72. The van der Waals surface area contributed by atoms with Gasteiger partial charge >= 0.3 is 5.97 Å². The summed E-state index contributed by atoms with van der Waals surface area (Å²) >= 11 is 0. The van der Waals surface area contributed by atoms with Crippen LogP contribution in [0.5, 0.6) is 0 Å². The Morgan fingerprint density at radius 1 is 0.867 bits per heavy atom. The van der Waals surface area contributed by atoms with Gasteiger partial charge in [0.15, 0.2) is 5.79 Å². The van der Waals surface area contributed by atoms with Crippen LogP contribution < -0.4 is 10.6 Å². The molecule has 260 valence electrons. The van der Waals surface area contributed by atoms with Crippen LogP contribution in [0.4, 0.5) is 0 Å². The van der Waals surface area contributed by atoms with E-state index in [0.717, 1.165) is 51.4 Å². The predicted octanol–water partition coefficient (Wildman–Crippen LogP) is 8.08. The Kier molecular flexibility index (Phi) is 17.2. The number of hydrogen-bond acceptors (Lipinski definition) is 5. The van der Waals surface area contributed by atoms with Crippen LogP contribution in [0.2, 0.25) is 0 Å². The molecule has 8 nitrogen and oxygen atoms in total. The number of carboxylic acid groups (broad SMARTS) is 1. The molecule has 3 atom stereocenters. The summed E-state index contributed by atoms with van der Waals surface area (Å²) in [6, 6.07) is 0. The molecule has 2 rings (SSSR count). The van der Waals surface area contributed by atoms with Crippen molar-refractivity contribution < 1.29 is 29.0 Å². The summed E-state index contributed by atoms with van der Waals surface area (Å²) in [7, 11) is 0. The zero-order valence-corrected chi connectivity index (χ0v) is 29.5. The quantitative estimate of drug-likeness (QED) is 0.0869. The third kappa shape index (κ3) is 13.8. The SMILES string of the molecule is CCCCCCCC/C=C\CCCCCCC(C)C(=O)NC1(C(CNC(=O)C2OC(C)(C)OCC2(C)C)C(=O)O)CCCCC1. The van der Waals surface area contributed by atoms with Crippen LogP contribution >= 0.6 is 0 Å². The first-order valence-electron chi connectivity index (χ1n) is 18.1. The number of allylic oxidation sites excluding steroid dienone is 2. The number of carbonyl (C=O) groups excluding carboxylic acids is 2. The summed E-state index contributed by atoms with van der Waals surface area (Å²) in [6.07, 6.45) is 23.3. The molecule has 0 spiro atoms. The lowest BCUT2D eigenvalue weighted by Crippen LogP contribution is -2.62. The normalized spacial score (nSPS) is 22.0. The van der Waals surface area contributed by atoms with Crippen molar-refractivity contribution in [1.82, 2.24) is 10.6 Å². The molecule has 0 aromatic rings. The number of aliphatic carboxylic acids is 1. The lowest BCUT2D eigenvalue weighted by Gasteiger charge is -2.45. The standard InChI is InChI=1S/C37H66N2O6/c1-7-8-9-10-11-12-13-14-15-16-17-18-19-21-24-29(2)32(40)39-37(25-22-20-23-26-37)30(34(42)43)27-38-33(41)31-35(3,4)28-44-36(5,6)45-31/h14-15,29-31H,7-13,16-28H2,1-6H3,(H,38,41)(H,39,40)(H,42,43)/b15-14-. The average molecular weight is 635 g/mol. The summed E-state index contributed by atoms with van der Waals surface area (Å²) in [5.74, 6) is -3.45. The summed E-state index contributed by atoms with van der Waals surface area (Å²) < 4.78 is 11.7. The second kappa shape index (κ2) is 19.7. The molecule has 1 saturated heterocycles. The van der Waals surface area contributed by atoms with Gasteiger partial charge < -0.3 is 25.2 Å². The van der Waals surface area contributed by atoms with E-state index in [2.05, 4.69) is 29.7 Å². The van der Waals surface area contributed by atoms with E-state index in [1.54, 1.807) is 13.8 Å². The Labute approximate surface area is 274 Å². The molecular weight excluding hydrogens is 568 g/mol. The van der Waals surface area contributed by atoms with Gasteiger partial charge in [0.1, 0.15) is 6.10 Å². The summed E-state index contributed by atoms with van der Waals surface area (Å²) in [4.78, 5) is 39.3.